The van der Waals surface area contributed by atoms with Gasteiger partial charge >= 0.3 is 0 Å². The van der Waals surface area contributed by atoms with E-state index in [1.54, 1.807) is 42.3 Å². The van der Waals surface area contributed by atoms with Gasteiger partial charge in [0.2, 0.25) is 0 Å². The van der Waals surface area contributed by atoms with E-state index in [1.807, 2.05) is 47.9 Å². The summed E-state index contributed by atoms with van der Waals surface area (Å²) in [5, 5.41) is 14.3. The first kappa shape index (κ1) is 20.4. The maximum atomic E-state index is 13.1. The number of hydrogen-bond donors (Lipinski definition) is 0. The van der Waals surface area contributed by atoms with Crippen molar-refractivity contribution in [3.63, 3.8) is 0 Å². The van der Waals surface area contributed by atoms with Crippen LogP contribution in [0.25, 0.3) is 23.4 Å². The van der Waals surface area contributed by atoms with Crippen molar-refractivity contribution in [2.24, 2.45) is 0 Å². The molecule has 0 N–H and O–H groups in total. The highest BCUT2D eigenvalue weighted by atomic mass is 32.1. The van der Waals surface area contributed by atoms with Crippen molar-refractivity contribution in [3.8, 4) is 11.3 Å². The summed E-state index contributed by atoms with van der Waals surface area (Å²) < 4.78 is 13.1. The SMILES string of the molecule is CN(c1ccccc1)c1ccc(C=Cc2nc(-c3ccc(F)cc3)cs2)cc1[N+](=O)[O-]. The van der Waals surface area contributed by atoms with Crippen LogP contribution in [0.3, 0.4) is 0 Å². The van der Waals surface area contributed by atoms with Gasteiger partial charge in [-0.05, 0) is 54.1 Å². The molecule has 0 unspecified atom stereocenters. The van der Waals surface area contributed by atoms with Gasteiger partial charge in [-0.25, -0.2) is 9.37 Å². The summed E-state index contributed by atoms with van der Waals surface area (Å²) in [6.45, 7) is 0. The second kappa shape index (κ2) is 8.89. The Morgan fingerprint density at radius 1 is 1.03 bits per heavy atom. The summed E-state index contributed by atoms with van der Waals surface area (Å²) in [5.41, 5.74) is 3.71. The number of anilines is 2. The number of thiazole rings is 1. The maximum Gasteiger partial charge on any atom is 0.293 e. The molecule has 0 saturated carbocycles. The monoisotopic (exact) mass is 431 g/mol. The van der Waals surface area contributed by atoms with Gasteiger partial charge in [-0.15, -0.1) is 11.3 Å². The third-order valence-electron chi connectivity index (χ3n) is 4.78. The maximum absolute atomic E-state index is 13.1. The lowest BCUT2D eigenvalue weighted by Crippen LogP contribution is -2.11. The van der Waals surface area contributed by atoms with Crippen molar-refractivity contribution < 1.29 is 9.31 Å². The van der Waals surface area contributed by atoms with Crippen LogP contribution in [0.1, 0.15) is 10.6 Å². The van der Waals surface area contributed by atoms with E-state index in [9.17, 15) is 14.5 Å². The molecule has 3 aromatic carbocycles. The minimum Gasteiger partial charge on any atom is -0.339 e. The van der Waals surface area contributed by atoms with E-state index in [2.05, 4.69) is 4.98 Å². The highest BCUT2D eigenvalue weighted by Crippen LogP contribution is 2.33. The third kappa shape index (κ3) is 4.67. The van der Waals surface area contributed by atoms with Crippen LogP contribution >= 0.6 is 11.3 Å². The molecule has 0 radical (unpaired) electrons. The van der Waals surface area contributed by atoms with Gasteiger partial charge in [-0.3, -0.25) is 10.1 Å². The minimum atomic E-state index is -0.373. The average Bonchev–Trinajstić information content (AvgIpc) is 3.27. The standard InChI is InChI=1S/C24H18FN3O2S/c1-27(20-5-3-2-4-6-20)22-13-7-17(15-23(22)28(29)30)8-14-24-26-21(16-31-24)18-9-11-19(25)12-10-18/h2-16H,1H3. The number of rotatable bonds is 6. The Morgan fingerprint density at radius 3 is 2.48 bits per heavy atom. The van der Waals surface area contributed by atoms with Gasteiger partial charge < -0.3 is 4.90 Å². The lowest BCUT2D eigenvalue weighted by Gasteiger charge is -2.19. The molecule has 0 aliphatic heterocycles. The summed E-state index contributed by atoms with van der Waals surface area (Å²) in [7, 11) is 1.81. The van der Waals surface area contributed by atoms with Gasteiger partial charge in [0, 0.05) is 29.7 Å². The first-order chi connectivity index (χ1) is 15.0. The molecule has 5 nitrogen and oxygen atoms in total. The Morgan fingerprint density at radius 2 is 1.77 bits per heavy atom. The Hall–Kier alpha value is -3.84. The van der Waals surface area contributed by atoms with Crippen molar-refractivity contribution in [2.45, 2.75) is 0 Å². The molecule has 1 heterocycles. The summed E-state index contributed by atoms with van der Waals surface area (Å²) >= 11 is 1.45. The van der Waals surface area contributed by atoms with E-state index in [4.69, 9.17) is 0 Å². The number of nitro groups is 1. The minimum absolute atomic E-state index is 0.0274. The summed E-state index contributed by atoms with van der Waals surface area (Å²) in [6, 6.07) is 20.8. The summed E-state index contributed by atoms with van der Waals surface area (Å²) in [5.74, 6) is -0.290. The van der Waals surface area contributed by atoms with Gasteiger partial charge in [0.25, 0.3) is 5.69 Å². The molecule has 154 valence electrons. The van der Waals surface area contributed by atoms with Crippen LogP contribution < -0.4 is 4.90 Å². The first-order valence-corrected chi connectivity index (χ1v) is 10.4. The van der Waals surface area contributed by atoms with Gasteiger partial charge in [-0.1, -0.05) is 30.3 Å². The van der Waals surface area contributed by atoms with E-state index < -0.39 is 0 Å². The van der Waals surface area contributed by atoms with Gasteiger partial charge in [0.1, 0.15) is 16.5 Å². The normalized spacial score (nSPS) is 11.0. The first-order valence-electron chi connectivity index (χ1n) is 9.48. The van der Waals surface area contributed by atoms with Gasteiger partial charge in [0.15, 0.2) is 0 Å². The molecule has 0 spiro atoms. The molecule has 0 saturated heterocycles. The van der Waals surface area contributed by atoms with E-state index in [-0.39, 0.29) is 16.4 Å². The number of benzene rings is 3. The molecule has 0 atom stereocenters. The number of nitro benzene ring substituents is 1. The van der Waals surface area contributed by atoms with Crippen molar-refractivity contribution in [1.29, 1.82) is 0 Å². The molecule has 0 bridgehead atoms. The summed E-state index contributed by atoms with van der Waals surface area (Å²) in [4.78, 5) is 17.6. The molecule has 7 heteroatoms. The van der Waals surface area contributed by atoms with E-state index >= 15 is 0 Å². The Labute approximate surface area is 182 Å². The molecular formula is C24H18FN3O2S. The average molecular weight is 431 g/mol. The van der Waals surface area contributed by atoms with Crippen LogP contribution in [-0.2, 0) is 0 Å². The second-order valence-corrected chi connectivity index (χ2v) is 7.70. The third-order valence-corrected chi connectivity index (χ3v) is 5.59. The Kier molecular flexibility index (Phi) is 5.86. The lowest BCUT2D eigenvalue weighted by molar-refractivity contribution is -0.384. The zero-order valence-electron chi connectivity index (χ0n) is 16.6. The largest absolute Gasteiger partial charge is 0.339 e. The number of halogens is 1. The molecule has 31 heavy (non-hydrogen) atoms. The van der Waals surface area contributed by atoms with E-state index in [0.717, 1.165) is 22.0 Å². The van der Waals surface area contributed by atoms with E-state index in [1.165, 1.54) is 23.5 Å². The van der Waals surface area contributed by atoms with Crippen LogP contribution in [0.15, 0.2) is 78.2 Å². The predicted molar refractivity (Wildman–Crippen MR) is 124 cm³/mol. The number of nitrogens with zero attached hydrogens (tertiary/aromatic N) is 3. The summed E-state index contributed by atoms with van der Waals surface area (Å²) in [6.07, 6.45) is 3.61. The fraction of sp³-hybridized carbons (Fsp3) is 0.0417. The zero-order chi connectivity index (χ0) is 21.8. The van der Waals surface area contributed by atoms with Crippen molar-refractivity contribution >= 4 is 40.6 Å². The molecule has 0 aliphatic rings. The number of aromatic nitrogens is 1. The second-order valence-electron chi connectivity index (χ2n) is 6.81. The van der Waals surface area contributed by atoms with Crippen LogP contribution in [0, 0.1) is 15.9 Å². The van der Waals surface area contributed by atoms with Crippen LogP contribution in [0.2, 0.25) is 0 Å². The fourth-order valence-corrected chi connectivity index (χ4v) is 3.87. The van der Waals surface area contributed by atoms with Crippen LogP contribution in [0.4, 0.5) is 21.5 Å². The van der Waals surface area contributed by atoms with Crippen LogP contribution in [0.5, 0.6) is 0 Å². The zero-order valence-corrected chi connectivity index (χ0v) is 17.4. The van der Waals surface area contributed by atoms with E-state index in [0.29, 0.717) is 11.3 Å². The molecule has 0 amide bonds. The topological polar surface area (TPSA) is 59.3 Å². The molecule has 0 aliphatic carbocycles. The van der Waals surface area contributed by atoms with Crippen molar-refractivity contribution in [2.75, 3.05) is 11.9 Å². The molecule has 4 rings (SSSR count). The molecule has 4 aromatic rings. The molecule has 1 aromatic heterocycles. The lowest BCUT2D eigenvalue weighted by atomic mass is 10.1. The molecular weight excluding hydrogens is 413 g/mol. The highest BCUT2D eigenvalue weighted by Gasteiger charge is 2.18. The highest BCUT2D eigenvalue weighted by molar-refractivity contribution is 7.10. The molecule has 0 fully saturated rings. The Balaban J connectivity index is 1.58. The Bertz CT molecular complexity index is 1240. The smallest absolute Gasteiger partial charge is 0.293 e. The fourth-order valence-electron chi connectivity index (χ4n) is 3.15. The predicted octanol–water partition coefficient (Wildman–Crippen LogP) is 6.80. The van der Waals surface area contributed by atoms with Crippen molar-refractivity contribution in [3.05, 3.63) is 105 Å². The van der Waals surface area contributed by atoms with Gasteiger partial charge in [-0.2, -0.15) is 0 Å². The number of hydrogen-bond acceptors (Lipinski definition) is 5. The number of para-hydroxylation sites is 1. The van der Waals surface area contributed by atoms with Crippen LogP contribution in [-0.4, -0.2) is 17.0 Å². The quantitative estimate of drug-likeness (QED) is 0.249. The van der Waals surface area contributed by atoms with Gasteiger partial charge in [0.05, 0.1) is 10.6 Å². The van der Waals surface area contributed by atoms with Crippen molar-refractivity contribution in [1.82, 2.24) is 4.98 Å².